The van der Waals surface area contributed by atoms with Gasteiger partial charge in [0, 0.05) is 28.5 Å². The van der Waals surface area contributed by atoms with Crippen molar-refractivity contribution in [2.75, 3.05) is 17.7 Å². The van der Waals surface area contributed by atoms with Crippen LogP contribution in [0.5, 0.6) is 0 Å². The Kier molecular flexibility index (Phi) is 6.39. The summed E-state index contributed by atoms with van der Waals surface area (Å²) in [6.07, 6.45) is 6.95. The van der Waals surface area contributed by atoms with Gasteiger partial charge in [-0.2, -0.15) is 0 Å². The number of rotatable bonds is 4. The molecule has 0 bridgehead atoms. The molecule has 6 heteroatoms. The standard InChI is InChI=1S/C19H24N2O3S/c22-18(20-15-7-3-1-2-4-8-15)14-6-5-9-16(12-14)21-19(23)17-13-25-11-10-24-17/h5-6,9,12-13,15H,1-4,7-8,10-11H2,(H,20,22)(H,21,23). The third kappa shape index (κ3) is 5.26. The van der Waals surface area contributed by atoms with Gasteiger partial charge in [-0.15, -0.1) is 11.8 Å². The number of benzene rings is 1. The fourth-order valence-electron chi connectivity index (χ4n) is 3.11. The van der Waals surface area contributed by atoms with Crippen molar-refractivity contribution in [3.05, 3.63) is 41.0 Å². The number of hydrogen-bond acceptors (Lipinski definition) is 4. The second-order valence-electron chi connectivity index (χ2n) is 6.40. The molecule has 134 valence electrons. The van der Waals surface area contributed by atoms with Crippen molar-refractivity contribution in [1.82, 2.24) is 5.32 Å². The van der Waals surface area contributed by atoms with E-state index in [2.05, 4.69) is 10.6 Å². The molecule has 0 atom stereocenters. The summed E-state index contributed by atoms with van der Waals surface area (Å²) < 4.78 is 5.35. The molecule has 1 aliphatic heterocycles. The SMILES string of the molecule is O=C(Nc1cccc(C(=O)NC2CCCCCC2)c1)C1=CSCCO1. The Labute approximate surface area is 152 Å². The average Bonchev–Trinajstić information content (AvgIpc) is 2.91. The average molecular weight is 360 g/mol. The number of carbonyl (C=O) groups excluding carboxylic acids is 2. The van der Waals surface area contributed by atoms with Gasteiger partial charge in [0.05, 0.1) is 6.61 Å². The molecule has 1 aliphatic carbocycles. The van der Waals surface area contributed by atoms with Crippen molar-refractivity contribution in [2.24, 2.45) is 0 Å². The van der Waals surface area contributed by atoms with E-state index in [4.69, 9.17) is 4.74 Å². The number of nitrogens with one attached hydrogen (secondary N) is 2. The van der Waals surface area contributed by atoms with Gasteiger partial charge in [-0.25, -0.2) is 0 Å². The molecule has 2 amide bonds. The maximum Gasteiger partial charge on any atom is 0.291 e. The lowest BCUT2D eigenvalue weighted by Crippen LogP contribution is -2.34. The summed E-state index contributed by atoms with van der Waals surface area (Å²) >= 11 is 1.56. The van der Waals surface area contributed by atoms with E-state index in [-0.39, 0.29) is 17.9 Å². The van der Waals surface area contributed by atoms with Crippen LogP contribution < -0.4 is 10.6 Å². The Hall–Kier alpha value is -1.95. The van der Waals surface area contributed by atoms with Gasteiger partial charge in [0.2, 0.25) is 0 Å². The van der Waals surface area contributed by atoms with Gasteiger partial charge < -0.3 is 15.4 Å². The van der Waals surface area contributed by atoms with E-state index in [9.17, 15) is 9.59 Å². The first-order chi connectivity index (χ1) is 12.2. The van der Waals surface area contributed by atoms with Crippen LogP contribution in [-0.2, 0) is 9.53 Å². The van der Waals surface area contributed by atoms with Crippen LogP contribution in [0.1, 0.15) is 48.9 Å². The molecule has 1 aromatic rings. The predicted molar refractivity (Wildman–Crippen MR) is 101 cm³/mol. The molecular weight excluding hydrogens is 336 g/mol. The Balaban J connectivity index is 1.61. The first kappa shape index (κ1) is 17.9. The van der Waals surface area contributed by atoms with Gasteiger partial charge in [-0.1, -0.05) is 31.7 Å². The number of anilines is 1. The predicted octanol–water partition coefficient (Wildman–Crippen LogP) is 3.68. The molecule has 0 saturated heterocycles. The van der Waals surface area contributed by atoms with Crippen molar-refractivity contribution in [2.45, 2.75) is 44.6 Å². The van der Waals surface area contributed by atoms with Crippen LogP contribution in [0.4, 0.5) is 5.69 Å². The molecule has 2 N–H and O–H groups in total. The van der Waals surface area contributed by atoms with Crippen molar-refractivity contribution in [3.8, 4) is 0 Å². The second-order valence-corrected chi connectivity index (χ2v) is 7.38. The van der Waals surface area contributed by atoms with E-state index in [0.29, 0.717) is 23.6 Å². The monoisotopic (exact) mass is 360 g/mol. The highest BCUT2D eigenvalue weighted by Crippen LogP contribution is 2.19. The molecule has 1 aromatic carbocycles. The van der Waals surface area contributed by atoms with Crippen LogP contribution in [0.2, 0.25) is 0 Å². The zero-order valence-electron chi connectivity index (χ0n) is 14.3. The van der Waals surface area contributed by atoms with E-state index in [0.717, 1.165) is 18.6 Å². The number of carbonyl (C=O) groups is 2. The summed E-state index contributed by atoms with van der Waals surface area (Å²) in [4.78, 5) is 24.7. The molecule has 2 aliphatic rings. The van der Waals surface area contributed by atoms with E-state index in [1.54, 1.807) is 41.4 Å². The maximum absolute atomic E-state index is 12.5. The van der Waals surface area contributed by atoms with Gasteiger partial charge in [-0.3, -0.25) is 9.59 Å². The van der Waals surface area contributed by atoms with Crippen LogP contribution >= 0.6 is 11.8 Å². The summed E-state index contributed by atoms with van der Waals surface area (Å²) in [5, 5.41) is 7.65. The minimum atomic E-state index is -0.284. The van der Waals surface area contributed by atoms with Crippen LogP contribution in [0.25, 0.3) is 0 Å². The first-order valence-corrected chi connectivity index (χ1v) is 9.94. The number of ether oxygens (including phenoxy) is 1. The van der Waals surface area contributed by atoms with E-state index >= 15 is 0 Å². The minimum absolute atomic E-state index is 0.0771. The van der Waals surface area contributed by atoms with Gasteiger partial charge in [-0.05, 0) is 31.0 Å². The van der Waals surface area contributed by atoms with Crippen molar-refractivity contribution in [3.63, 3.8) is 0 Å². The van der Waals surface area contributed by atoms with Crippen LogP contribution in [-0.4, -0.2) is 30.2 Å². The molecule has 0 unspecified atom stereocenters. The Morgan fingerprint density at radius 3 is 2.60 bits per heavy atom. The third-order valence-electron chi connectivity index (χ3n) is 4.45. The quantitative estimate of drug-likeness (QED) is 0.804. The van der Waals surface area contributed by atoms with Crippen molar-refractivity contribution in [1.29, 1.82) is 0 Å². The molecule has 0 aromatic heterocycles. The summed E-state index contributed by atoms with van der Waals surface area (Å²) in [7, 11) is 0. The molecule has 0 radical (unpaired) electrons. The number of hydrogen-bond donors (Lipinski definition) is 2. The van der Waals surface area contributed by atoms with Crippen LogP contribution in [0, 0.1) is 0 Å². The second kappa shape index (κ2) is 8.94. The summed E-state index contributed by atoms with van der Waals surface area (Å²) in [6.45, 7) is 0.535. The topological polar surface area (TPSA) is 67.4 Å². The molecule has 25 heavy (non-hydrogen) atoms. The van der Waals surface area contributed by atoms with E-state index < -0.39 is 0 Å². The maximum atomic E-state index is 12.5. The molecule has 1 heterocycles. The van der Waals surface area contributed by atoms with Crippen LogP contribution in [0.15, 0.2) is 35.4 Å². The minimum Gasteiger partial charge on any atom is -0.487 e. The molecule has 0 spiro atoms. The normalized spacial score (nSPS) is 18.5. The lowest BCUT2D eigenvalue weighted by atomic mass is 10.1. The largest absolute Gasteiger partial charge is 0.487 e. The summed E-state index contributed by atoms with van der Waals surface area (Å²) in [5.41, 5.74) is 1.16. The summed E-state index contributed by atoms with van der Waals surface area (Å²) in [5.74, 6) is 0.818. The molecule has 1 fully saturated rings. The smallest absolute Gasteiger partial charge is 0.291 e. The fraction of sp³-hybridized carbons (Fsp3) is 0.474. The lowest BCUT2D eigenvalue weighted by Gasteiger charge is -2.17. The molecule has 3 rings (SSSR count). The highest BCUT2D eigenvalue weighted by Gasteiger charge is 2.17. The van der Waals surface area contributed by atoms with Crippen molar-refractivity contribution < 1.29 is 14.3 Å². The summed E-state index contributed by atoms with van der Waals surface area (Å²) in [6, 6.07) is 7.29. The van der Waals surface area contributed by atoms with Gasteiger partial charge in [0.15, 0.2) is 5.76 Å². The van der Waals surface area contributed by atoms with Gasteiger partial charge in [0.25, 0.3) is 11.8 Å². The zero-order chi connectivity index (χ0) is 17.5. The third-order valence-corrected chi connectivity index (χ3v) is 5.23. The molecular formula is C19H24N2O3S. The Bertz CT molecular complexity index is 652. The van der Waals surface area contributed by atoms with E-state index in [1.807, 2.05) is 0 Å². The number of thioether (sulfide) groups is 1. The Morgan fingerprint density at radius 2 is 1.88 bits per heavy atom. The van der Waals surface area contributed by atoms with Gasteiger partial charge in [0.1, 0.15) is 0 Å². The highest BCUT2D eigenvalue weighted by molar-refractivity contribution is 8.02. The number of amides is 2. The lowest BCUT2D eigenvalue weighted by molar-refractivity contribution is -0.116. The molecule has 1 saturated carbocycles. The van der Waals surface area contributed by atoms with E-state index in [1.165, 1.54) is 25.7 Å². The van der Waals surface area contributed by atoms with Crippen molar-refractivity contribution >= 4 is 29.3 Å². The van der Waals surface area contributed by atoms with Gasteiger partial charge >= 0.3 is 0 Å². The van der Waals surface area contributed by atoms with Crippen LogP contribution in [0.3, 0.4) is 0 Å². The first-order valence-electron chi connectivity index (χ1n) is 8.89. The highest BCUT2D eigenvalue weighted by atomic mass is 32.2. The molecule has 5 nitrogen and oxygen atoms in total. The zero-order valence-corrected chi connectivity index (χ0v) is 15.1. The Morgan fingerprint density at radius 1 is 1.08 bits per heavy atom. The fourth-order valence-corrected chi connectivity index (χ4v) is 3.73.